The molecule has 0 amide bonds. The average molecular weight is 293 g/mol. The summed E-state index contributed by atoms with van der Waals surface area (Å²) in [4.78, 5) is 2.62. The number of aryl methyl sites for hydroxylation is 1. The number of hydrogen-bond donors (Lipinski definition) is 1. The van der Waals surface area contributed by atoms with E-state index >= 15 is 0 Å². The third-order valence-electron chi connectivity index (χ3n) is 4.70. The van der Waals surface area contributed by atoms with Crippen LogP contribution in [0.1, 0.15) is 49.3 Å². The topological polar surface area (TPSA) is 15.3 Å². The van der Waals surface area contributed by atoms with Crippen molar-refractivity contribution >= 4 is 11.6 Å². The molecule has 1 fully saturated rings. The molecule has 110 valence electrons. The Bertz CT molecular complexity index is 439. The number of nitrogens with zero attached hydrogens (tertiary/aromatic N) is 1. The largest absolute Gasteiger partial charge is 0.309 e. The molecule has 0 bridgehead atoms. The number of hydrogen-bond acceptors (Lipinski definition) is 2. The van der Waals surface area contributed by atoms with Crippen LogP contribution in [0.4, 0.5) is 0 Å². The molecule has 0 spiro atoms. The van der Waals surface area contributed by atoms with Gasteiger partial charge in [0.05, 0.1) is 0 Å². The molecular weight excluding hydrogens is 268 g/mol. The lowest BCUT2D eigenvalue weighted by Crippen LogP contribution is -2.34. The van der Waals surface area contributed by atoms with E-state index in [2.05, 4.69) is 22.3 Å². The summed E-state index contributed by atoms with van der Waals surface area (Å²) >= 11 is 6.07. The summed E-state index contributed by atoms with van der Waals surface area (Å²) in [5.41, 5.74) is 2.90. The Labute approximate surface area is 127 Å². The Morgan fingerprint density at radius 1 is 1.15 bits per heavy atom. The molecule has 2 nitrogen and oxygen atoms in total. The summed E-state index contributed by atoms with van der Waals surface area (Å²) in [6.07, 6.45) is 7.98. The van der Waals surface area contributed by atoms with Crippen LogP contribution in [0, 0.1) is 0 Å². The Hall–Kier alpha value is -0.570. The summed E-state index contributed by atoms with van der Waals surface area (Å²) in [5.74, 6) is 0. The van der Waals surface area contributed by atoms with Crippen LogP contribution < -0.4 is 5.32 Å². The minimum atomic E-state index is 0.536. The zero-order valence-corrected chi connectivity index (χ0v) is 13.0. The van der Waals surface area contributed by atoms with E-state index in [1.54, 1.807) is 0 Å². The van der Waals surface area contributed by atoms with Gasteiger partial charge in [0.25, 0.3) is 0 Å². The minimum absolute atomic E-state index is 0.536. The molecular formula is C17H25ClN2. The predicted octanol–water partition coefficient (Wildman–Crippen LogP) is 3.79. The van der Waals surface area contributed by atoms with Crippen molar-refractivity contribution in [3.63, 3.8) is 0 Å². The van der Waals surface area contributed by atoms with Crippen LogP contribution >= 0.6 is 11.6 Å². The third-order valence-corrected chi connectivity index (χ3v) is 4.94. The zero-order valence-electron chi connectivity index (χ0n) is 12.2. The molecule has 1 N–H and O–H groups in total. The molecule has 1 atom stereocenters. The first-order valence-corrected chi connectivity index (χ1v) is 8.45. The first-order chi connectivity index (χ1) is 9.83. The first-order valence-electron chi connectivity index (χ1n) is 8.07. The fourth-order valence-electron chi connectivity index (χ4n) is 3.55. The second-order valence-electron chi connectivity index (χ2n) is 6.14. The highest BCUT2D eigenvalue weighted by Crippen LogP contribution is 2.32. The van der Waals surface area contributed by atoms with Crippen LogP contribution in [0.2, 0.25) is 5.02 Å². The van der Waals surface area contributed by atoms with Crippen LogP contribution in [-0.4, -0.2) is 31.1 Å². The second-order valence-corrected chi connectivity index (χ2v) is 6.58. The van der Waals surface area contributed by atoms with E-state index in [0.717, 1.165) is 18.0 Å². The number of rotatable bonds is 4. The van der Waals surface area contributed by atoms with Crippen molar-refractivity contribution in [3.05, 3.63) is 34.3 Å². The summed E-state index contributed by atoms with van der Waals surface area (Å²) in [5, 5.41) is 4.61. The normalized spacial score (nSPS) is 23.6. The van der Waals surface area contributed by atoms with Gasteiger partial charge in [-0.05, 0) is 62.0 Å². The SMILES string of the molecule is Clc1ccc2c(c1)CCC2NCCN1CCCCCC1. The fourth-order valence-corrected chi connectivity index (χ4v) is 3.75. The molecule has 1 unspecified atom stereocenters. The fraction of sp³-hybridized carbons (Fsp3) is 0.647. The summed E-state index contributed by atoms with van der Waals surface area (Å²) in [6, 6.07) is 6.89. The van der Waals surface area contributed by atoms with Gasteiger partial charge in [0.15, 0.2) is 0 Å². The van der Waals surface area contributed by atoms with Crippen molar-refractivity contribution in [1.82, 2.24) is 10.2 Å². The number of nitrogens with one attached hydrogen (secondary N) is 1. The maximum Gasteiger partial charge on any atom is 0.0408 e. The van der Waals surface area contributed by atoms with Gasteiger partial charge >= 0.3 is 0 Å². The molecule has 0 aromatic heterocycles. The molecule has 0 radical (unpaired) electrons. The Morgan fingerprint density at radius 2 is 1.95 bits per heavy atom. The first kappa shape index (κ1) is 14.4. The van der Waals surface area contributed by atoms with Crippen LogP contribution in [0.3, 0.4) is 0 Å². The van der Waals surface area contributed by atoms with Gasteiger partial charge in [-0.25, -0.2) is 0 Å². The smallest absolute Gasteiger partial charge is 0.0408 e. The van der Waals surface area contributed by atoms with Crippen molar-refractivity contribution in [2.45, 2.75) is 44.6 Å². The quantitative estimate of drug-likeness (QED) is 0.908. The van der Waals surface area contributed by atoms with Crippen molar-refractivity contribution < 1.29 is 0 Å². The zero-order chi connectivity index (χ0) is 13.8. The monoisotopic (exact) mass is 292 g/mol. The van der Waals surface area contributed by atoms with Crippen LogP contribution in [0.5, 0.6) is 0 Å². The van der Waals surface area contributed by atoms with Gasteiger partial charge in [0.2, 0.25) is 0 Å². The molecule has 1 aromatic rings. The van der Waals surface area contributed by atoms with Crippen molar-refractivity contribution in [1.29, 1.82) is 0 Å². The standard InChI is InChI=1S/C17H25ClN2/c18-15-6-7-16-14(13-15)5-8-17(16)19-9-12-20-10-3-1-2-4-11-20/h6-7,13,17,19H,1-5,8-12H2. The van der Waals surface area contributed by atoms with E-state index in [9.17, 15) is 0 Å². The number of likely N-dealkylation sites (tertiary alicyclic amines) is 1. The Balaban J connectivity index is 1.48. The predicted molar refractivity (Wildman–Crippen MR) is 85.4 cm³/mol. The molecule has 1 aliphatic carbocycles. The van der Waals surface area contributed by atoms with Gasteiger partial charge in [0.1, 0.15) is 0 Å². The molecule has 1 aliphatic heterocycles. The van der Waals surface area contributed by atoms with E-state index < -0.39 is 0 Å². The maximum absolute atomic E-state index is 6.07. The molecule has 1 aromatic carbocycles. The highest BCUT2D eigenvalue weighted by atomic mass is 35.5. The van der Waals surface area contributed by atoms with Gasteiger partial charge in [-0.1, -0.05) is 30.5 Å². The molecule has 1 saturated heterocycles. The molecule has 3 heteroatoms. The van der Waals surface area contributed by atoms with E-state index in [-0.39, 0.29) is 0 Å². The van der Waals surface area contributed by atoms with Crippen molar-refractivity contribution in [2.24, 2.45) is 0 Å². The van der Waals surface area contributed by atoms with Gasteiger partial charge in [-0.15, -0.1) is 0 Å². The number of fused-ring (bicyclic) bond motifs is 1. The van der Waals surface area contributed by atoms with Crippen LogP contribution in [0.25, 0.3) is 0 Å². The molecule has 3 rings (SSSR count). The van der Waals surface area contributed by atoms with E-state index in [0.29, 0.717) is 6.04 Å². The number of halogens is 1. The van der Waals surface area contributed by atoms with Crippen molar-refractivity contribution in [2.75, 3.05) is 26.2 Å². The second kappa shape index (κ2) is 6.93. The molecule has 20 heavy (non-hydrogen) atoms. The van der Waals surface area contributed by atoms with Gasteiger partial charge in [-0.2, -0.15) is 0 Å². The minimum Gasteiger partial charge on any atom is -0.309 e. The maximum atomic E-state index is 6.07. The lowest BCUT2D eigenvalue weighted by atomic mass is 10.1. The van der Waals surface area contributed by atoms with Gasteiger partial charge in [0, 0.05) is 24.2 Å². The van der Waals surface area contributed by atoms with Crippen molar-refractivity contribution in [3.8, 4) is 0 Å². The highest BCUT2D eigenvalue weighted by molar-refractivity contribution is 6.30. The summed E-state index contributed by atoms with van der Waals surface area (Å²) in [7, 11) is 0. The van der Waals surface area contributed by atoms with Crippen LogP contribution in [0.15, 0.2) is 18.2 Å². The number of benzene rings is 1. The highest BCUT2D eigenvalue weighted by Gasteiger charge is 2.22. The summed E-state index contributed by atoms with van der Waals surface area (Å²) < 4.78 is 0. The van der Waals surface area contributed by atoms with E-state index in [1.807, 2.05) is 6.07 Å². The third kappa shape index (κ3) is 3.55. The molecule has 2 aliphatic rings. The molecule has 0 saturated carbocycles. The van der Waals surface area contributed by atoms with Crippen LogP contribution in [-0.2, 0) is 6.42 Å². The molecule has 1 heterocycles. The van der Waals surface area contributed by atoms with E-state index in [4.69, 9.17) is 11.6 Å². The lowest BCUT2D eigenvalue weighted by molar-refractivity contribution is 0.279. The van der Waals surface area contributed by atoms with Gasteiger partial charge < -0.3 is 10.2 Å². The lowest BCUT2D eigenvalue weighted by Gasteiger charge is -2.21. The van der Waals surface area contributed by atoms with E-state index in [1.165, 1.54) is 62.9 Å². The average Bonchev–Trinajstić information content (AvgIpc) is 2.67. The Morgan fingerprint density at radius 3 is 2.75 bits per heavy atom. The van der Waals surface area contributed by atoms with Gasteiger partial charge in [-0.3, -0.25) is 0 Å². The summed E-state index contributed by atoms with van der Waals surface area (Å²) in [6.45, 7) is 4.88. The Kier molecular flexibility index (Phi) is 4.98.